The molecule has 19 heavy (non-hydrogen) atoms. The van der Waals surface area contributed by atoms with E-state index in [9.17, 15) is 8.42 Å². The topological polar surface area (TPSA) is 72.2 Å². The number of hydrogen-bond donors (Lipinski definition) is 2. The molecule has 0 amide bonds. The van der Waals surface area contributed by atoms with Gasteiger partial charge in [0, 0.05) is 6.54 Å². The molecule has 1 fully saturated rings. The third kappa shape index (κ3) is 3.53. The van der Waals surface area contributed by atoms with Gasteiger partial charge in [-0.05, 0) is 30.4 Å². The molecule has 1 heterocycles. The Kier molecular flexibility index (Phi) is 4.60. The van der Waals surface area contributed by atoms with Crippen molar-refractivity contribution in [2.45, 2.75) is 30.4 Å². The second-order valence-electron chi connectivity index (χ2n) is 5.00. The van der Waals surface area contributed by atoms with Crippen LogP contribution >= 0.6 is 23.6 Å². The van der Waals surface area contributed by atoms with Gasteiger partial charge in [-0.25, -0.2) is 13.1 Å². The number of rotatable bonds is 5. The van der Waals surface area contributed by atoms with Crippen LogP contribution in [0.1, 0.15) is 31.1 Å². The lowest BCUT2D eigenvalue weighted by Gasteiger charge is -2.15. The van der Waals surface area contributed by atoms with Gasteiger partial charge in [-0.3, -0.25) is 0 Å². The van der Waals surface area contributed by atoms with E-state index in [0.29, 0.717) is 23.3 Å². The standard InChI is InChI=1S/C12H18N2O2S3/c1-8-3-2-4-9(8)7-14-19(15,16)11-6-5-10(18-11)12(13)17/h5-6,8-9,14H,2-4,7H2,1H3,(H2,13,17). The number of sulfonamides is 1. The summed E-state index contributed by atoms with van der Waals surface area (Å²) in [5.74, 6) is 1.04. The molecule has 4 nitrogen and oxygen atoms in total. The van der Waals surface area contributed by atoms with Gasteiger partial charge in [0.25, 0.3) is 0 Å². The van der Waals surface area contributed by atoms with Crippen molar-refractivity contribution in [1.29, 1.82) is 0 Å². The highest BCUT2D eigenvalue weighted by molar-refractivity contribution is 7.91. The van der Waals surface area contributed by atoms with Gasteiger partial charge in [0.05, 0.1) is 4.88 Å². The molecule has 0 aliphatic heterocycles. The number of nitrogens with two attached hydrogens (primary N) is 1. The Bertz CT molecular complexity index is 565. The molecule has 0 bridgehead atoms. The Morgan fingerprint density at radius 2 is 2.26 bits per heavy atom. The first-order valence-corrected chi connectivity index (χ1v) is 9.00. The molecule has 1 aromatic heterocycles. The molecule has 1 aliphatic carbocycles. The fourth-order valence-electron chi connectivity index (χ4n) is 2.41. The van der Waals surface area contributed by atoms with Gasteiger partial charge in [0.2, 0.25) is 10.0 Å². The van der Waals surface area contributed by atoms with Crippen molar-refractivity contribution in [1.82, 2.24) is 4.72 Å². The van der Waals surface area contributed by atoms with E-state index in [2.05, 4.69) is 11.6 Å². The van der Waals surface area contributed by atoms with Crippen molar-refractivity contribution in [3.8, 4) is 0 Å². The predicted molar refractivity (Wildman–Crippen MR) is 81.9 cm³/mol. The number of hydrogen-bond acceptors (Lipinski definition) is 4. The van der Waals surface area contributed by atoms with Crippen molar-refractivity contribution < 1.29 is 8.42 Å². The zero-order valence-electron chi connectivity index (χ0n) is 10.8. The quantitative estimate of drug-likeness (QED) is 0.816. The lowest BCUT2D eigenvalue weighted by molar-refractivity contribution is 0.414. The second-order valence-corrected chi connectivity index (χ2v) is 8.52. The van der Waals surface area contributed by atoms with Crippen LogP contribution < -0.4 is 10.5 Å². The molecule has 1 aromatic rings. The highest BCUT2D eigenvalue weighted by Crippen LogP contribution is 2.31. The van der Waals surface area contributed by atoms with E-state index in [1.165, 1.54) is 12.8 Å². The first-order chi connectivity index (χ1) is 8.90. The fraction of sp³-hybridized carbons (Fsp3) is 0.583. The molecule has 1 aliphatic rings. The van der Waals surface area contributed by atoms with Gasteiger partial charge in [-0.2, -0.15) is 0 Å². The molecule has 2 unspecified atom stereocenters. The number of thiocarbonyl (C=S) groups is 1. The molecular formula is C12H18N2O2S3. The van der Waals surface area contributed by atoms with Crippen molar-refractivity contribution >= 4 is 38.6 Å². The van der Waals surface area contributed by atoms with Crippen molar-refractivity contribution in [2.24, 2.45) is 17.6 Å². The van der Waals surface area contributed by atoms with E-state index in [0.717, 1.165) is 17.8 Å². The molecule has 3 N–H and O–H groups in total. The Hall–Kier alpha value is -0.500. The smallest absolute Gasteiger partial charge is 0.250 e. The molecule has 106 valence electrons. The lowest BCUT2D eigenvalue weighted by Crippen LogP contribution is -2.29. The minimum absolute atomic E-state index is 0.232. The molecule has 2 atom stereocenters. The van der Waals surface area contributed by atoms with E-state index < -0.39 is 10.0 Å². The van der Waals surface area contributed by atoms with E-state index in [-0.39, 0.29) is 9.20 Å². The Morgan fingerprint density at radius 3 is 2.79 bits per heavy atom. The minimum Gasteiger partial charge on any atom is -0.389 e. The third-order valence-electron chi connectivity index (χ3n) is 3.66. The molecule has 0 radical (unpaired) electrons. The minimum atomic E-state index is -3.43. The Labute approximate surface area is 123 Å². The van der Waals surface area contributed by atoms with Crippen LogP contribution in [0.3, 0.4) is 0 Å². The molecule has 0 spiro atoms. The van der Waals surface area contributed by atoms with Gasteiger partial charge in [0.15, 0.2) is 0 Å². The van der Waals surface area contributed by atoms with E-state index in [1.807, 2.05) is 0 Å². The molecular weight excluding hydrogens is 300 g/mol. The Morgan fingerprint density at radius 1 is 1.53 bits per heavy atom. The van der Waals surface area contributed by atoms with Crippen LogP contribution in [0, 0.1) is 11.8 Å². The first-order valence-electron chi connectivity index (χ1n) is 6.29. The Balaban J connectivity index is 2.03. The summed E-state index contributed by atoms with van der Waals surface area (Å²) >= 11 is 5.95. The van der Waals surface area contributed by atoms with Crippen molar-refractivity contribution in [3.05, 3.63) is 17.0 Å². The zero-order chi connectivity index (χ0) is 14.0. The average Bonchev–Trinajstić information content (AvgIpc) is 2.95. The molecule has 2 rings (SSSR count). The summed E-state index contributed by atoms with van der Waals surface area (Å²) in [6.45, 7) is 2.70. The van der Waals surface area contributed by atoms with Crippen LogP contribution in [0.4, 0.5) is 0 Å². The maximum Gasteiger partial charge on any atom is 0.250 e. The second kappa shape index (κ2) is 5.87. The summed E-state index contributed by atoms with van der Waals surface area (Å²) in [5, 5.41) is 0. The predicted octanol–water partition coefficient (Wildman–Crippen LogP) is 2.10. The van der Waals surface area contributed by atoms with Crippen molar-refractivity contribution in [3.63, 3.8) is 0 Å². The summed E-state index contributed by atoms with van der Waals surface area (Å²) in [4.78, 5) is 0.862. The van der Waals surface area contributed by atoms with Gasteiger partial charge < -0.3 is 5.73 Å². The van der Waals surface area contributed by atoms with Gasteiger partial charge in [0.1, 0.15) is 9.20 Å². The summed E-state index contributed by atoms with van der Waals surface area (Å²) in [5.41, 5.74) is 5.49. The highest BCUT2D eigenvalue weighted by atomic mass is 32.2. The van der Waals surface area contributed by atoms with Crippen LogP contribution in [-0.2, 0) is 10.0 Å². The maximum absolute atomic E-state index is 12.1. The number of nitrogens with one attached hydrogen (secondary N) is 1. The largest absolute Gasteiger partial charge is 0.389 e. The van der Waals surface area contributed by atoms with Crippen LogP contribution in [-0.4, -0.2) is 20.0 Å². The van der Waals surface area contributed by atoms with E-state index >= 15 is 0 Å². The van der Waals surface area contributed by atoms with E-state index in [4.69, 9.17) is 18.0 Å². The SMILES string of the molecule is CC1CCCC1CNS(=O)(=O)c1ccc(C(N)=S)s1. The van der Waals surface area contributed by atoms with Crippen LogP contribution in [0.25, 0.3) is 0 Å². The van der Waals surface area contributed by atoms with E-state index in [1.54, 1.807) is 12.1 Å². The average molecular weight is 318 g/mol. The van der Waals surface area contributed by atoms with Crippen molar-refractivity contribution in [2.75, 3.05) is 6.54 Å². The zero-order valence-corrected chi connectivity index (χ0v) is 13.2. The van der Waals surface area contributed by atoms with Crippen LogP contribution in [0.15, 0.2) is 16.3 Å². The van der Waals surface area contributed by atoms with Gasteiger partial charge in [-0.1, -0.05) is 32.0 Å². The summed E-state index contributed by atoms with van der Waals surface area (Å²) in [7, 11) is -3.43. The lowest BCUT2D eigenvalue weighted by atomic mass is 9.99. The monoisotopic (exact) mass is 318 g/mol. The molecule has 0 saturated heterocycles. The first kappa shape index (κ1) is 14.9. The summed E-state index contributed by atoms with van der Waals surface area (Å²) in [6, 6.07) is 3.21. The highest BCUT2D eigenvalue weighted by Gasteiger charge is 2.26. The normalized spacial score (nSPS) is 23.6. The summed E-state index contributed by atoms with van der Waals surface area (Å²) < 4.78 is 27.3. The molecule has 7 heteroatoms. The van der Waals surface area contributed by atoms with Gasteiger partial charge in [-0.15, -0.1) is 11.3 Å². The molecule has 1 saturated carbocycles. The molecule has 0 aromatic carbocycles. The van der Waals surface area contributed by atoms with Gasteiger partial charge >= 0.3 is 0 Å². The summed E-state index contributed by atoms with van der Waals surface area (Å²) in [6.07, 6.45) is 3.49. The van der Waals surface area contributed by atoms with Crippen LogP contribution in [0.2, 0.25) is 0 Å². The number of thiophene rings is 1. The third-order valence-corrected chi connectivity index (χ3v) is 7.05. The maximum atomic E-state index is 12.1. The fourth-order valence-corrected chi connectivity index (χ4v) is 4.90. The van der Waals surface area contributed by atoms with Crippen LogP contribution in [0.5, 0.6) is 0 Å².